The number of aromatic nitrogens is 6. The normalized spacial score (nSPS) is 25.0. The van der Waals surface area contributed by atoms with E-state index in [2.05, 4.69) is 72.8 Å². The molecule has 10 rings (SSSR count). The van der Waals surface area contributed by atoms with Gasteiger partial charge in [-0.3, -0.25) is 4.68 Å². The topological polar surface area (TPSA) is 153 Å². The molecule has 0 amide bonds. The highest BCUT2D eigenvalue weighted by Gasteiger charge is 2.66. The van der Waals surface area contributed by atoms with Crippen molar-refractivity contribution in [3.05, 3.63) is 65.1 Å². The van der Waals surface area contributed by atoms with Gasteiger partial charge in [-0.05, 0) is 119 Å². The molecule has 4 atom stereocenters. The highest BCUT2D eigenvalue weighted by atomic mass is 32.1. The highest BCUT2D eigenvalue weighted by molar-refractivity contribution is 7.22. The summed E-state index contributed by atoms with van der Waals surface area (Å²) in [4.78, 5) is 26.8. The van der Waals surface area contributed by atoms with Gasteiger partial charge < -0.3 is 34.4 Å². The second kappa shape index (κ2) is 17.4. The fourth-order valence-corrected chi connectivity index (χ4v) is 13.3. The van der Waals surface area contributed by atoms with E-state index in [1.54, 1.807) is 11.3 Å². The largest absolute Gasteiger partial charge is 0.476 e. The molecule has 0 saturated heterocycles. The lowest BCUT2D eigenvalue weighted by Gasteiger charge is -2.69. The Morgan fingerprint density at radius 1 is 0.905 bits per heavy atom. The minimum Gasteiger partial charge on any atom is -0.476 e. The maximum atomic E-state index is 13.0. The number of hydrogen-bond acceptors (Lipinski definition) is 13. The molecule has 5 aromatic rings. The molecule has 4 aromatic heterocycles. The number of aromatic carboxylic acids is 1. The molecule has 4 saturated carbocycles. The number of ether oxygens (including phenoxy) is 3. The zero-order chi connectivity index (χ0) is 44.0. The molecule has 0 spiro atoms. The average Bonchev–Trinajstić information content (AvgIpc) is 3.81. The summed E-state index contributed by atoms with van der Waals surface area (Å²) in [5.74, 6) is 0.830. The number of likely N-dealkylation sites (N-methyl/N-ethyl adjacent to an activating group) is 1. The number of nitrogens with one attached hydrogen (secondary N) is 1. The number of hydrogen-bond donors (Lipinski definition) is 2. The number of carboxylic acid groups (broad SMARTS) is 1. The van der Waals surface area contributed by atoms with Gasteiger partial charge in [-0.25, -0.2) is 14.8 Å². The number of nitrogens with zero attached hydrogens (tertiary/aromatic N) is 8. The van der Waals surface area contributed by atoms with Crippen LogP contribution in [-0.2, 0) is 27.2 Å². The Hall–Kier alpha value is -4.54. The first-order chi connectivity index (χ1) is 30.3. The Bertz CT molecular complexity index is 2420. The molecule has 4 bridgehead atoms. The van der Waals surface area contributed by atoms with Gasteiger partial charge in [0, 0.05) is 60.7 Å². The number of anilines is 4. The Labute approximate surface area is 374 Å². The van der Waals surface area contributed by atoms with Crippen molar-refractivity contribution in [2.45, 2.75) is 105 Å². The molecule has 336 valence electrons. The van der Waals surface area contributed by atoms with Crippen LogP contribution in [0.25, 0.3) is 21.3 Å². The number of rotatable bonds is 19. The van der Waals surface area contributed by atoms with Gasteiger partial charge in [0.15, 0.2) is 22.5 Å². The van der Waals surface area contributed by atoms with Gasteiger partial charge in [0.1, 0.15) is 5.82 Å². The zero-order valence-electron chi connectivity index (χ0n) is 37.8. The summed E-state index contributed by atoms with van der Waals surface area (Å²) in [7, 11) is 2.14. The summed E-state index contributed by atoms with van der Waals surface area (Å²) in [5, 5.41) is 29.0. The highest BCUT2D eigenvalue weighted by Crippen LogP contribution is 2.72. The number of carbonyl (C=O) groups is 1. The molecule has 5 aliphatic rings. The smallest absolute Gasteiger partial charge is 0.355 e. The number of carboxylic acids is 1. The first-order valence-corrected chi connectivity index (χ1v) is 23.6. The fourth-order valence-electron chi connectivity index (χ4n) is 12.5. The van der Waals surface area contributed by atoms with Gasteiger partial charge in [0.05, 0.1) is 48.4 Å². The van der Waals surface area contributed by atoms with Crippen LogP contribution < -0.4 is 10.2 Å². The predicted octanol–water partition coefficient (Wildman–Crippen LogP) is 9.00. The van der Waals surface area contributed by atoms with Crippen LogP contribution in [0.4, 0.5) is 22.6 Å². The molecule has 5 heterocycles. The van der Waals surface area contributed by atoms with Crippen molar-refractivity contribution in [3.63, 3.8) is 0 Å². The molecule has 14 nitrogen and oxygen atoms in total. The van der Waals surface area contributed by atoms with Crippen molar-refractivity contribution < 1.29 is 24.1 Å². The van der Waals surface area contributed by atoms with Crippen molar-refractivity contribution in [1.29, 1.82) is 0 Å². The van der Waals surface area contributed by atoms with Crippen molar-refractivity contribution in [2.75, 3.05) is 69.9 Å². The van der Waals surface area contributed by atoms with Crippen molar-refractivity contribution >= 4 is 50.1 Å². The summed E-state index contributed by atoms with van der Waals surface area (Å²) >= 11 is 1.58. The van der Waals surface area contributed by atoms with Gasteiger partial charge in [-0.1, -0.05) is 44.2 Å². The summed E-state index contributed by atoms with van der Waals surface area (Å²) in [5.41, 5.74) is 5.59. The minimum absolute atomic E-state index is 0.000720. The standard InChI is InChI=1S/C48H63N9O5S/c1-7-19-60-22-23-61-20-17-55(6)18-21-62-48-28-45(4)25-46(5,29-48)27-47(26-45,30-48)31-57-33(3)36(24-49-57)35-14-15-39(51-40(35)43(58)59)56-16-10-11-34-32(2)41(53-54-42(34)56)52-44-50-37-12-8-9-13-38(37)63-44/h8-9,12-15,24H,7,10-11,16-23,25-31H2,1-6H3,(H,58,59)(H,50,52,53)/t45-,46+,47?,48?. The molecule has 1 aliphatic heterocycles. The van der Waals surface area contributed by atoms with E-state index in [4.69, 9.17) is 29.3 Å². The van der Waals surface area contributed by atoms with Gasteiger partial charge in [0.25, 0.3) is 0 Å². The Morgan fingerprint density at radius 2 is 1.67 bits per heavy atom. The van der Waals surface area contributed by atoms with Crippen LogP contribution in [0.15, 0.2) is 42.6 Å². The van der Waals surface area contributed by atoms with Crippen LogP contribution in [0, 0.1) is 30.1 Å². The molecule has 2 unspecified atom stereocenters. The van der Waals surface area contributed by atoms with E-state index in [9.17, 15) is 9.90 Å². The van der Waals surface area contributed by atoms with Gasteiger partial charge in [-0.15, -0.1) is 10.2 Å². The summed E-state index contributed by atoms with van der Waals surface area (Å²) < 4.78 is 21.6. The number of fused-ring (bicyclic) bond motifs is 2. The lowest BCUT2D eigenvalue weighted by atomic mass is 9.39. The Kier molecular flexibility index (Phi) is 12.1. The van der Waals surface area contributed by atoms with E-state index in [1.807, 2.05) is 41.4 Å². The summed E-state index contributed by atoms with van der Waals surface area (Å²) in [6, 6.07) is 11.8. The SMILES string of the molecule is CCCOCCOCCN(C)CCOC12CC3(Cn4ncc(-c5ccc(N6CCCc7c6nnc(Nc6nc8ccccc8s6)c7C)nc5C(=O)O)c4C)C[C@@](C)(C1)C[C@](C)(C3)C2. The lowest BCUT2D eigenvalue weighted by molar-refractivity contribution is -0.248. The molecule has 4 aliphatic carbocycles. The Morgan fingerprint density at radius 3 is 2.43 bits per heavy atom. The summed E-state index contributed by atoms with van der Waals surface area (Å²) in [6.07, 6.45) is 11.3. The van der Waals surface area contributed by atoms with Crippen molar-refractivity contribution in [2.24, 2.45) is 16.2 Å². The predicted molar refractivity (Wildman–Crippen MR) is 247 cm³/mol. The molecular formula is C48H63N9O5S. The van der Waals surface area contributed by atoms with Gasteiger partial charge in [0.2, 0.25) is 0 Å². The van der Waals surface area contributed by atoms with E-state index < -0.39 is 5.97 Å². The first-order valence-electron chi connectivity index (χ1n) is 22.8. The number of benzene rings is 1. The van der Waals surface area contributed by atoms with Crippen LogP contribution >= 0.6 is 11.3 Å². The number of pyridine rings is 1. The van der Waals surface area contributed by atoms with Gasteiger partial charge in [-0.2, -0.15) is 5.10 Å². The van der Waals surface area contributed by atoms with E-state index >= 15 is 0 Å². The Balaban J connectivity index is 0.898. The maximum absolute atomic E-state index is 13.0. The maximum Gasteiger partial charge on any atom is 0.355 e. The quantitative estimate of drug-likeness (QED) is 0.0760. The van der Waals surface area contributed by atoms with E-state index in [0.29, 0.717) is 56.0 Å². The third-order valence-corrected chi connectivity index (χ3v) is 15.0. The second-order valence-corrected chi connectivity index (χ2v) is 20.8. The average molecular weight is 878 g/mol. The minimum atomic E-state index is -1.08. The van der Waals surface area contributed by atoms with E-state index in [0.717, 1.165) is 115 Å². The zero-order valence-corrected chi connectivity index (χ0v) is 38.7. The van der Waals surface area contributed by atoms with Crippen LogP contribution in [0.2, 0.25) is 0 Å². The molecule has 4 fully saturated rings. The molecule has 2 N–H and O–H groups in total. The molecule has 0 radical (unpaired) electrons. The van der Waals surface area contributed by atoms with Crippen LogP contribution in [0.3, 0.4) is 0 Å². The van der Waals surface area contributed by atoms with Crippen LogP contribution in [0.5, 0.6) is 0 Å². The number of thiazole rings is 1. The van der Waals surface area contributed by atoms with E-state index in [-0.39, 0.29) is 27.5 Å². The third-order valence-electron chi connectivity index (χ3n) is 14.0. The summed E-state index contributed by atoms with van der Waals surface area (Å²) in [6.45, 7) is 17.8. The van der Waals surface area contributed by atoms with Crippen molar-refractivity contribution in [1.82, 2.24) is 34.8 Å². The van der Waals surface area contributed by atoms with Crippen LogP contribution in [-0.4, -0.2) is 111 Å². The monoisotopic (exact) mass is 877 g/mol. The van der Waals surface area contributed by atoms with E-state index in [1.165, 1.54) is 6.42 Å². The molecule has 15 heteroatoms. The second-order valence-electron chi connectivity index (χ2n) is 19.8. The molecule has 63 heavy (non-hydrogen) atoms. The third kappa shape index (κ3) is 8.96. The first kappa shape index (κ1) is 43.7. The fraction of sp³-hybridized carbons (Fsp3) is 0.583. The van der Waals surface area contributed by atoms with Crippen LogP contribution in [0.1, 0.15) is 99.4 Å². The van der Waals surface area contributed by atoms with Crippen molar-refractivity contribution in [3.8, 4) is 11.1 Å². The lowest BCUT2D eigenvalue weighted by Crippen LogP contribution is -2.64. The molecular weight excluding hydrogens is 815 g/mol. The number of para-hydroxylation sites is 1. The van der Waals surface area contributed by atoms with Gasteiger partial charge >= 0.3 is 5.97 Å². The molecule has 1 aromatic carbocycles.